The molecule has 6 heteroatoms. The Hall–Kier alpha value is -1.30. The Kier molecular flexibility index (Phi) is 5.80. The van der Waals surface area contributed by atoms with Crippen molar-refractivity contribution in [2.45, 2.75) is 52.6 Å². The molecule has 1 rings (SSSR count). The summed E-state index contributed by atoms with van der Waals surface area (Å²) < 4.78 is 5.33. The SMILES string of the molecule is CCCN(N)C(=O)CC1CCN(C(=O)OC(C)(C)C)C1. The van der Waals surface area contributed by atoms with Gasteiger partial charge in [0.1, 0.15) is 5.60 Å². The number of carbonyl (C=O) groups excluding carboxylic acids is 2. The van der Waals surface area contributed by atoms with Crippen LogP contribution < -0.4 is 5.84 Å². The van der Waals surface area contributed by atoms with Gasteiger partial charge in [0, 0.05) is 26.1 Å². The van der Waals surface area contributed by atoms with Crippen molar-refractivity contribution < 1.29 is 14.3 Å². The summed E-state index contributed by atoms with van der Waals surface area (Å²) in [6.45, 7) is 9.30. The molecule has 1 aliphatic rings. The first-order valence-electron chi connectivity index (χ1n) is 7.26. The maximum Gasteiger partial charge on any atom is 0.410 e. The normalized spacial score (nSPS) is 19.1. The lowest BCUT2D eigenvalue weighted by Crippen LogP contribution is -2.39. The van der Waals surface area contributed by atoms with Crippen molar-refractivity contribution in [2.24, 2.45) is 11.8 Å². The van der Waals surface area contributed by atoms with Gasteiger partial charge >= 0.3 is 6.09 Å². The molecule has 2 amide bonds. The van der Waals surface area contributed by atoms with Crippen LogP contribution in [0.3, 0.4) is 0 Å². The van der Waals surface area contributed by atoms with E-state index < -0.39 is 5.60 Å². The first-order chi connectivity index (χ1) is 9.23. The number of nitrogens with two attached hydrogens (primary N) is 1. The Morgan fingerprint density at radius 1 is 1.40 bits per heavy atom. The highest BCUT2D eigenvalue weighted by Gasteiger charge is 2.31. The van der Waals surface area contributed by atoms with Crippen LogP contribution >= 0.6 is 0 Å². The van der Waals surface area contributed by atoms with E-state index in [2.05, 4.69) is 0 Å². The van der Waals surface area contributed by atoms with Crippen LogP contribution in [0.1, 0.15) is 47.0 Å². The van der Waals surface area contributed by atoms with Crippen LogP contribution in [0.4, 0.5) is 4.79 Å². The quantitative estimate of drug-likeness (QED) is 0.485. The summed E-state index contributed by atoms with van der Waals surface area (Å²) >= 11 is 0. The van der Waals surface area contributed by atoms with Gasteiger partial charge in [-0.05, 0) is 39.5 Å². The Morgan fingerprint density at radius 3 is 2.60 bits per heavy atom. The molecular formula is C14H27N3O3. The van der Waals surface area contributed by atoms with Crippen LogP contribution in [0, 0.1) is 5.92 Å². The van der Waals surface area contributed by atoms with Gasteiger partial charge in [0.15, 0.2) is 0 Å². The lowest BCUT2D eigenvalue weighted by Gasteiger charge is -2.24. The van der Waals surface area contributed by atoms with Crippen LogP contribution in [0.2, 0.25) is 0 Å². The van der Waals surface area contributed by atoms with Crippen molar-refractivity contribution in [3.63, 3.8) is 0 Å². The second-order valence-electron chi connectivity index (χ2n) is 6.37. The van der Waals surface area contributed by atoms with Gasteiger partial charge in [-0.2, -0.15) is 0 Å². The number of hydrogen-bond acceptors (Lipinski definition) is 4. The van der Waals surface area contributed by atoms with Crippen molar-refractivity contribution >= 4 is 12.0 Å². The molecule has 0 aromatic heterocycles. The largest absolute Gasteiger partial charge is 0.444 e. The summed E-state index contributed by atoms with van der Waals surface area (Å²) in [6.07, 6.45) is 1.77. The molecule has 0 bridgehead atoms. The van der Waals surface area contributed by atoms with Gasteiger partial charge in [-0.1, -0.05) is 6.92 Å². The number of nitrogens with zero attached hydrogens (tertiary/aromatic N) is 2. The highest BCUT2D eigenvalue weighted by molar-refractivity contribution is 5.76. The molecule has 2 N–H and O–H groups in total. The van der Waals surface area contributed by atoms with Crippen LogP contribution in [-0.4, -0.2) is 47.1 Å². The summed E-state index contributed by atoms with van der Waals surface area (Å²) in [7, 11) is 0. The van der Waals surface area contributed by atoms with E-state index in [1.54, 1.807) is 4.90 Å². The van der Waals surface area contributed by atoms with Crippen LogP contribution in [0.15, 0.2) is 0 Å². The standard InChI is InChI=1S/C14H27N3O3/c1-5-7-17(15)12(18)9-11-6-8-16(10-11)13(19)20-14(2,3)4/h11H,5-10,15H2,1-4H3. The van der Waals surface area contributed by atoms with Gasteiger partial charge in [0.25, 0.3) is 0 Å². The lowest BCUT2D eigenvalue weighted by molar-refractivity contribution is -0.132. The fourth-order valence-corrected chi connectivity index (χ4v) is 2.22. The van der Waals surface area contributed by atoms with Gasteiger partial charge in [0.2, 0.25) is 5.91 Å². The number of amides is 2. The molecule has 1 saturated heterocycles. The Balaban J connectivity index is 2.40. The lowest BCUT2D eigenvalue weighted by atomic mass is 10.0. The topological polar surface area (TPSA) is 75.9 Å². The Labute approximate surface area is 121 Å². The van der Waals surface area contributed by atoms with Gasteiger partial charge in [0.05, 0.1) is 0 Å². The third-order valence-corrected chi connectivity index (χ3v) is 3.19. The Bertz CT molecular complexity index is 352. The highest BCUT2D eigenvalue weighted by atomic mass is 16.6. The van der Waals surface area contributed by atoms with Gasteiger partial charge in [-0.15, -0.1) is 0 Å². The minimum Gasteiger partial charge on any atom is -0.444 e. The van der Waals surface area contributed by atoms with E-state index >= 15 is 0 Å². The molecule has 0 aromatic rings. The predicted molar refractivity (Wildman–Crippen MR) is 76.7 cm³/mol. The smallest absolute Gasteiger partial charge is 0.410 e. The average Bonchev–Trinajstić information content (AvgIpc) is 2.75. The van der Waals surface area contributed by atoms with Crippen LogP contribution in [0.5, 0.6) is 0 Å². The molecule has 0 spiro atoms. The summed E-state index contributed by atoms with van der Waals surface area (Å²) in [5.41, 5.74) is -0.486. The zero-order chi connectivity index (χ0) is 15.3. The molecular weight excluding hydrogens is 258 g/mol. The number of ether oxygens (including phenoxy) is 1. The number of hydrogen-bond donors (Lipinski definition) is 1. The molecule has 1 heterocycles. The third kappa shape index (κ3) is 5.36. The maximum atomic E-state index is 11.9. The first kappa shape index (κ1) is 16.8. The predicted octanol–water partition coefficient (Wildman–Crippen LogP) is 1.75. The second-order valence-corrected chi connectivity index (χ2v) is 6.37. The molecule has 0 aromatic carbocycles. The summed E-state index contributed by atoms with van der Waals surface area (Å²) in [5, 5.41) is 1.27. The summed E-state index contributed by atoms with van der Waals surface area (Å²) in [6, 6.07) is 0. The van der Waals surface area contributed by atoms with E-state index in [9.17, 15) is 9.59 Å². The van der Waals surface area contributed by atoms with Crippen molar-refractivity contribution in [1.29, 1.82) is 0 Å². The van der Waals surface area contributed by atoms with E-state index in [1.165, 1.54) is 5.01 Å². The summed E-state index contributed by atoms with van der Waals surface area (Å²) in [4.78, 5) is 25.4. The van der Waals surface area contributed by atoms with Gasteiger partial charge < -0.3 is 9.64 Å². The Morgan fingerprint density at radius 2 is 2.05 bits per heavy atom. The maximum absolute atomic E-state index is 11.9. The molecule has 20 heavy (non-hydrogen) atoms. The molecule has 0 saturated carbocycles. The van der Waals surface area contributed by atoms with E-state index in [-0.39, 0.29) is 17.9 Å². The molecule has 1 aliphatic heterocycles. The van der Waals surface area contributed by atoms with Crippen molar-refractivity contribution in [2.75, 3.05) is 19.6 Å². The molecule has 1 unspecified atom stereocenters. The first-order valence-corrected chi connectivity index (χ1v) is 7.26. The van der Waals surface area contributed by atoms with E-state index in [0.717, 1.165) is 12.8 Å². The van der Waals surface area contributed by atoms with Crippen molar-refractivity contribution in [1.82, 2.24) is 9.91 Å². The van der Waals surface area contributed by atoms with Crippen LogP contribution in [0.25, 0.3) is 0 Å². The number of carbonyl (C=O) groups is 2. The summed E-state index contributed by atoms with van der Waals surface area (Å²) in [5.74, 6) is 5.79. The number of hydrazine groups is 1. The zero-order valence-corrected chi connectivity index (χ0v) is 13.0. The molecule has 1 atom stereocenters. The van der Waals surface area contributed by atoms with E-state index in [0.29, 0.717) is 26.1 Å². The molecule has 6 nitrogen and oxygen atoms in total. The van der Waals surface area contributed by atoms with Crippen molar-refractivity contribution in [3.8, 4) is 0 Å². The molecule has 0 aliphatic carbocycles. The third-order valence-electron chi connectivity index (χ3n) is 3.19. The minimum absolute atomic E-state index is 0.0529. The van der Waals surface area contributed by atoms with Gasteiger partial charge in [-0.3, -0.25) is 9.80 Å². The fraction of sp³-hybridized carbons (Fsp3) is 0.857. The van der Waals surface area contributed by atoms with Gasteiger partial charge in [-0.25, -0.2) is 10.6 Å². The average molecular weight is 285 g/mol. The molecule has 0 radical (unpaired) electrons. The highest BCUT2D eigenvalue weighted by Crippen LogP contribution is 2.22. The van der Waals surface area contributed by atoms with E-state index in [4.69, 9.17) is 10.6 Å². The zero-order valence-electron chi connectivity index (χ0n) is 13.0. The fourth-order valence-electron chi connectivity index (χ4n) is 2.22. The molecule has 1 fully saturated rings. The van der Waals surface area contributed by atoms with Crippen LogP contribution in [-0.2, 0) is 9.53 Å². The monoisotopic (exact) mass is 285 g/mol. The molecule has 116 valence electrons. The van der Waals surface area contributed by atoms with E-state index in [1.807, 2.05) is 27.7 Å². The minimum atomic E-state index is -0.486. The second kappa shape index (κ2) is 6.92. The number of likely N-dealkylation sites (tertiary alicyclic amines) is 1. The van der Waals surface area contributed by atoms with Crippen molar-refractivity contribution in [3.05, 3.63) is 0 Å². The number of rotatable bonds is 4.